The molecule has 4 N–H and O–H groups in total. The highest BCUT2D eigenvalue weighted by molar-refractivity contribution is 6.22. The second-order valence-electron chi connectivity index (χ2n) is 8.80. The average molecular weight is 579 g/mol. The van der Waals surface area contributed by atoms with Crippen LogP contribution >= 0.6 is 0 Å². The van der Waals surface area contributed by atoms with Crippen LogP contribution < -0.4 is 20.9 Å². The largest absolute Gasteiger partial charge is 0.494 e. The summed E-state index contributed by atoms with van der Waals surface area (Å²) in [6.07, 6.45) is -5.93. The van der Waals surface area contributed by atoms with Gasteiger partial charge < -0.3 is 25.7 Å². The fraction of sp³-hybridized carbons (Fsp3) is 0.241. The number of hydrogen-bond acceptors (Lipinski definition) is 7. The van der Waals surface area contributed by atoms with Crippen LogP contribution in [-0.2, 0) is 9.53 Å². The van der Waals surface area contributed by atoms with E-state index >= 15 is 0 Å². The van der Waals surface area contributed by atoms with Gasteiger partial charge in [-0.3, -0.25) is 0 Å². The van der Waals surface area contributed by atoms with Crippen molar-refractivity contribution in [1.29, 1.82) is 0 Å². The lowest BCUT2D eigenvalue weighted by molar-refractivity contribution is -0.284. The van der Waals surface area contributed by atoms with Crippen LogP contribution in [0.15, 0.2) is 66.7 Å². The molecule has 0 unspecified atom stereocenters. The number of hydrogen-bond donors (Lipinski definition) is 2. The fourth-order valence-electron chi connectivity index (χ4n) is 3.58. The smallest absolute Gasteiger partial charge is 0.453 e. The molecule has 0 radical (unpaired) electrons. The molecule has 12 heteroatoms. The van der Waals surface area contributed by atoms with Gasteiger partial charge in [0.15, 0.2) is 0 Å². The summed E-state index contributed by atoms with van der Waals surface area (Å²) in [6.45, 7) is 1.48. The van der Waals surface area contributed by atoms with Gasteiger partial charge in [-0.15, -0.1) is 0 Å². The van der Waals surface area contributed by atoms with E-state index in [0.717, 1.165) is 0 Å². The first kappa shape index (κ1) is 30.9. The Morgan fingerprint density at radius 2 is 1.41 bits per heavy atom. The summed E-state index contributed by atoms with van der Waals surface area (Å²) in [4.78, 5) is 25.1. The van der Waals surface area contributed by atoms with Crippen molar-refractivity contribution in [3.05, 3.63) is 83.4 Å². The first-order valence-electron chi connectivity index (χ1n) is 12.3. The van der Waals surface area contributed by atoms with Crippen LogP contribution in [0, 0.1) is 0 Å². The number of rotatable bonds is 11. The van der Waals surface area contributed by atoms with Gasteiger partial charge in [0.1, 0.15) is 11.5 Å². The molecule has 0 heterocycles. The van der Waals surface area contributed by atoms with Crippen molar-refractivity contribution < 1.29 is 45.8 Å². The molecule has 0 aliphatic rings. The van der Waals surface area contributed by atoms with Crippen LogP contribution in [0.1, 0.15) is 41.3 Å². The van der Waals surface area contributed by atoms with Gasteiger partial charge >= 0.3 is 24.0 Å². The molecule has 0 saturated heterocycles. The van der Waals surface area contributed by atoms with Crippen molar-refractivity contribution in [1.82, 2.24) is 0 Å². The molecule has 0 aliphatic carbocycles. The zero-order valence-electron chi connectivity index (χ0n) is 21.8. The van der Waals surface area contributed by atoms with Crippen molar-refractivity contribution in [3.63, 3.8) is 0 Å². The van der Waals surface area contributed by atoms with E-state index in [9.17, 15) is 31.5 Å². The summed E-state index contributed by atoms with van der Waals surface area (Å²) < 4.78 is 78.2. The molecule has 0 amide bonds. The monoisotopic (exact) mass is 578 g/mol. The maximum absolute atomic E-state index is 13.0. The molecule has 3 rings (SSSR count). The quantitative estimate of drug-likeness (QED) is 0.0506. The molecule has 0 atom stereocenters. The van der Waals surface area contributed by atoms with Crippen LogP contribution in [-0.4, -0.2) is 37.3 Å². The number of alkyl halides is 5. The summed E-state index contributed by atoms with van der Waals surface area (Å²) in [6, 6.07) is 16.5. The Morgan fingerprint density at radius 1 is 0.829 bits per heavy atom. The van der Waals surface area contributed by atoms with Crippen molar-refractivity contribution in [2.24, 2.45) is 0 Å². The van der Waals surface area contributed by atoms with E-state index in [-0.39, 0.29) is 35.8 Å². The minimum Gasteiger partial charge on any atom is -0.494 e. The molecule has 0 aromatic heterocycles. The summed E-state index contributed by atoms with van der Waals surface area (Å²) in [5.74, 6) is -5.66. The van der Waals surface area contributed by atoms with Gasteiger partial charge in [-0.1, -0.05) is 12.1 Å². The van der Waals surface area contributed by atoms with Gasteiger partial charge in [0.25, 0.3) is 0 Å². The molecular formula is C29H27F5N2O5. The highest BCUT2D eigenvalue weighted by atomic mass is 19.4. The standard InChI is InChI=1S/C29H27F5N2O5/c1-2-39-27(38)25(20-15-21(35)17-22(36)16-20)14-18-4-8-24(9-5-18)41-26(37)19-6-10-23(11-7-19)40-13-3-12-28(30,31)29(32,33)34/h4-11,14-17H,2-3,12-13,35-36H2,1H3. The number of esters is 2. The number of benzene rings is 3. The molecule has 218 valence electrons. The Hall–Kier alpha value is -4.61. The SMILES string of the molecule is CCOC(=O)C(=Cc1ccc(OC(=O)c2ccc(OCCCC(F)(F)C(F)(F)F)cc2)cc1)c1cc(N)cc(N)c1. The van der Waals surface area contributed by atoms with Crippen molar-refractivity contribution in [2.75, 3.05) is 24.7 Å². The van der Waals surface area contributed by atoms with Gasteiger partial charge in [0.2, 0.25) is 0 Å². The maximum atomic E-state index is 13.0. The van der Waals surface area contributed by atoms with E-state index < -0.39 is 36.9 Å². The van der Waals surface area contributed by atoms with Crippen molar-refractivity contribution >= 4 is 35.0 Å². The summed E-state index contributed by atoms with van der Waals surface area (Å²) in [5.41, 5.74) is 13.9. The first-order chi connectivity index (χ1) is 19.3. The number of carbonyl (C=O) groups is 2. The first-order valence-corrected chi connectivity index (χ1v) is 12.3. The summed E-state index contributed by atoms with van der Waals surface area (Å²) in [5, 5.41) is 0. The Kier molecular flexibility index (Phi) is 9.93. The molecule has 41 heavy (non-hydrogen) atoms. The fourth-order valence-corrected chi connectivity index (χ4v) is 3.58. The minimum atomic E-state index is -5.61. The van der Waals surface area contributed by atoms with E-state index in [1.165, 1.54) is 36.4 Å². The third-order valence-electron chi connectivity index (χ3n) is 5.59. The van der Waals surface area contributed by atoms with Gasteiger partial charge in [-0.25, -0.2) is 9.59 Å². The number of nitrogens with two attached hydrogens (primary N) is 2. The Labute approximate surface area is 232 Å². The predicted molar refractivity (Wildman–Crippen MR) is 143 cm³/mol. The number of halogens is 5. The molecule has 0 bridgehead atoms. The lowest BCUT2D eigenvalue weighted by atomic mass is 10.0. The van der Waals surface area contributed by atoms with Gasteiger partial charge in [-0.05, 0) is 85.1 Å². The zero-order chi connectivity index (χ0) is 30.2. The second kappa shape index (κ2) is 13.2. The molecule has 0 fully saturated rings. The Morgan fingerprint density at radius 3 is 1.98 bits per heavy atom. The lowest BCUT2D eigenvalue weighted by Gasteiger charge is -2.19. The number of anilines is 2. The maximum Gasteiger partial charge on any atom is 0.453 e. The van der Waals surface area contributed by atoms with Crippen LogP contribution in [0.25, 0.3) is 11.6 Å². The van der Waals surface area contributed by atoms with Gasteiger partial charge in [0.05, 0.1) is 24.4 Å². The third-order valence-corrected chi connectivity index (χ3v) is 5.59. The van der Waals surface area contributed by atoms with E-state index in [4.69, 9.17) is 25.7 Å². The van der Waals surface area contributed by atoms with E-state index in [0.29, 0.717) is 22.5 Å². The molecule has 3 aromatic rings. The van der Waals surface area contributed by atoms with Crippen molar-refractivity contribution in [2.45, 2.75) is 31.9 Å². The molecular weight excluding hydrogens is 551 g/mol. The lowest BCUT2D eigenvalue weighted by Crippen LogP contribution is -2.36. The highest BCUT2D eigenvalue weighted by Gasteiger charge is 2.56. The Balaban J connectivity index is 1.62. The third kappa shape index (κ3) is 8.69. The zero-order valence-corrected chi connectivity index (χ0v) is 21.8. The van der Waals surface area contributed by atoms with E-state index in [1.807, 2.05) is 0 Å². The topological polar surface area (TPSA) is 114 Å². The van der Waals surface area contributed by atoms with Crippen LogP contribution in [0.5, 0.6) is 11.5 Å². The van der Waals surface area contributed by atoms with Gasteiger partial charge in [-0.2, -0.15) is 22.0 Å². The molecule has 3 aromatic carbocycles. The normalized spacial score (nSPS) is 12.1. The van der Waals surface area contributed by atoms with E-state index in [2.05, 4.69) is 0 Å². The molecule has 0 saturated carbocycles. The summed E-state index contributed by atoms with van der Waals surface area (Å²) >= 11 is 0. The minimum absolute atomic E-state index is 0.147. The van der Waals surface area contributed by atoms with E-state index in [1.54, 1.807) is 43.3 Å². The van der Waals surface area contributed by atoms with Gasteiger partial charge in [0, 0.05) is 17.8 Å². The highest BCUT2D eigenvalue weighted by Crippen LogP contribution is 2.38. The average Bonchev–Trinajstić information content (AvgIpc) is 2.90. The Bertz CT molecular complexity index is 1370. The number of ether oxygens (including phenoxy) is 3. The molecule has 7 nitrogen and oxygen atoms in total. The van der Waals surface area contributed by atoms with Crippen LogP contribution in [0.3, 0.4) is 0 Å². The van der Waals surface area contributed by atoms with Crippen molar-refractivity contribution in [3.8, 4) is 11.5 Å². The predicted octanol–water partition coefficient (Wildman–Crippen LogP) is 6.53. The molecule has 0 spiro atoms. The van der Waals surface area contributed by atoms with Crippen LogP contribution in [0.2, 0.25) is 0 Å². The number of carbonyl (C=O) groups excluding carboxylic acids is 2. The summed E-state index contributed by atoms with van der Waals surface area (Å²) in [7, 11) is 0. The second-order valence-corrected chi connectivity index (χ2v) is 8.80. The number of nitrogen functional groups attached to an aromatic ring is 2. The molecule has 0 aliphatic heterocycles. The van der Waals surface area contributed by atoms with Crippen LogP contribution in [0.4, 0.5) is 33.3 Å².